The minimum atomic E-state index is 0.490. The third kappa shape index (κ3) is 3.16. The van der Waals surface area contributed by atoms with E-state index in [4.69, 9.17) is 9.40 Å². The molecule has 0 radical (unpaired) electrons. The molecule has 0 bridgehead atoms. The highest BCUT2D eigenvalue weighted by molar-refractivity contribution is 5.75. The Kier molecular flexibility index (Phi) is 4.03. The Balaban J connectivity index is 1.49. The number of hydrogen-bond donors (Lipinski definition) is 0. The van der Waals surface area contributed by atoms with Crippen LogP contribution in [0.15, 0.2) is 35.0 Å². The summed E-state index contributed by atoms with van der Waals surface area (Å²) in [6, 6.07) is 9.03. The van der Waals surface area contributed by atoms with Gasteiger partial charge in [-0.2, -0.15) is 4.98 Å². The van der Waals surface area contributed by atoms with E-state index in [1.165, 1.54) is 5.56 Å². The fourth-order valence-electron chi connectivity index (χ4n) is 3.17. The standard InChI is InChI=1S/C19H23N5O/c1-13(2)15-4-5-17-16(11-15)22-19(25-17)24-8-6-23(7-9-24)18-10-14(3)20-12-21-18/h4-5,10-13H,6-9H2,1-3H3. The minimum absolute atomic E-state index is 0.490. The summed E-state index contributed by atoms with van der Waals surface area (Å²) in [5, 5.41) is 0. The predicted molar refractivity (Wildman–Crippen MR) is 99.3 cm³/mol. The number of anilines is 2. The van der Waals surface area contributed by atoms with Gasteiger partial charge in [0, 0.05) is 37.9 Å². The second kappa shape index (κ2) is 6.35. The summed E-state index contributed by atoms with van der Waals surface area (Å²) in [7, 11) is 0. The van der Waals surface area contributed by atoms with E-state index in [-0.39, 0.29) is 0 Å². The Hall–Kier alpha value is -2.63. The fourth-order valence-corrected chi connectivity index (χ4v) is 3.17. The average Bonchev–Trinajstić information content (AvgIpc) is 3.05. The van der Waals surface area contributed by atoms with Crippen molar-refractivity contribution in [1.29, 1.82) is 0 Å². The lowest BCUT2D eigenvalue weighted by Gasteiger charge is -2.34. The molecule has 1 aliphatic rings. The van der Waals surface area contributed by atoms with Crippen LogP contribution in [-0.2, 0) is 0 Å². The quantitative estimate of drug-likeness (QED) is 0.730. The zero-order valence-corrected chi connectivity index (χ0v) is 14.9. The largest absolute Gasteiger partial charge is 0.423 e. The van der Waals surface area contributed by atoms with E-state index in [0.29, 0.717) is 5.92 Å². The van der Waals surface area contributed by atoms with Gasteiger partial charge in [0.25, 0.3) is 6.01 Å². The van der Waals surface area contributed by atoms with Crippen LogP contribution in [0.5, 0.6) is 0 Å². The molecule has 6 heteroatoms. The molecule has 0 unspecified atom stereocenters. The molecule has 1 fully saturated rings. The van der Waals surface area contributed by atoms with E-state index in [2.05, 4.69) is 45.7 Å². The molecule has 0 spiro atoms. The van der Waals surface area contributed by atoms with Crippen molar-refractivity contribution in [3.63, 3.8) is 0 Å². The predicted octanol–water partition coefficient (Wildman–Crippen LogP) is 3.38. The molecule has 3 aromatic rings. The summed E-state index contributed by atoms with van der Waals surface area (Å²) < 4.78 is 5.97. The van der Waals surface area contributed by atoms with Crippen molar-refractivity contribution in [3.8, 4) is 0 Å². The number of hydrogen-bond acceptors (Lipinski definition) is 6. The van der Waals surface area contributed by atoms with Crippen molar-refractivity contribution in [2.75, 3.05) is 36.0 Å². The molecule has 3 heterocycles. The highest BCUT2D eigenvalue weighted by atomic mass is 16.4. The molecule has 1 saturated heterocycles. The Labute approximate surface area is 147 Å². The molecular weight excluding hydrogens is 314 g/mol. The molecule has 0 amide bonds. The lowest BCUT2D eigenvalue weighted by atomic mass is 10.0. The van der Waals surface area contributed by atoms with Gasteiger partial charge in [-0.25, -0.2) is 9.97 Å². The van der Waals surface area contributed by atoms with Crippen LogP contribution in [0.4, 0.5) is 11.8 Å². The van der Waals surface area contributed by atoms with Crippen LogP contribution in [0.1, 0.15) is 31.0 Å². The molecule has 0 saturated carbocycles. The van der Waals surface area contributed by atoms with Crippen LogP contribution in [0.2, 0.25) is 0 Å². The molecule has 0 atom stereocenters. The van der Waals surface area contributed by atoms with E-state index < -0.39 is 0 Å². The number of fused-ring (bicyclic) bond motifs is 1. The first kappa shape index (κ1) is 15.9. The molecular formula is C19H23N5O. The second-order valence-corrected chi connectivity index (χ2v) is 6.87. The molecule has 0 N–H and O–H groups in total. The number of rotatable bonds is 3. The first-order chi connectivity index (χ1) is 12.1. The normalized spacial score (nSPS) is 15.4. The maximum atomic E-state index is 5.97. The van der Waals surface area contributed by atoms with E-state index >= 15 is 0 Å². The zero-order chi connectivity index (χ0) is 17.4. The Morgan fingerprint density at radius 1 is 1.00 bits per heavy atom. The van der Waals surface area contributed by atoms with Gasteiger partial charge in [-0.1, -0.05) is 19.9 Å². The number of aryl methyl sites for hydroxylation is 1. The summed E-state index contributed by atoms with van der Waals surface area (Å²) in [6.45, 7) is 9.90. The molecule has 6 nitrogen and oxygen atoms in total. The summed E-state index contributed by atoms with van der Waals surface area (Å²) in [5.41, 5.74) is 4.08. The van der Waals surface area contributed by atoms with Crippen LogP contribution >= 0.6 is 0 Å². The summed E-state index contributed by atoms with van der Waals surface area (Å²) in [6.07, 6.45) is 1.63. The third-order valence-corrected chi connectivity index (χ3v) is 4.73. The van der Waals surface area contributed by atoms with Crippen molar-refractivity contribution in [1.82, 2.24) is 15.0 Å². The van der Waals surface area contributed by atoms with Crippen molar-refractivity contribution >= 4 is 22.9 Å². The smallest absolute Gasteiger partial charge is 0.298 e. The monoisotopic (exact) mass is 337 g/mol. The number of aromatic nitrogens is 3. The Bertz CT molecular complexity index is 880. The first-order valence-electron chi connectivity index (χ1n) is 8.79. The fraction of sp³-hybridized carbons (Fsp3) is 0.421. The molecule has 1 aliphatic heterocycles. The van der Waals surface area contributed by atoms with Crippen molar-refractivity contribution in [3.05, 3.63) is 41.9 Å². The van der Waals surface area contributed by atoms with Crippen LogP contribution in [0, 0.1) is 6.92 Å². The highest BCUT2D eigenvalue weighted by Crippen LogP contribution is 2.26. The van der Waals surface area contributed by atoms with E-state index in [9.17, 15) is 0 Å². The average molecular weight is 337 g/mol. The van der Waals surface area contributed by atoms with E-state index in [1.54, 1.807) is 6.33 Å². The van der Waals surface area contributed by atoms with Crippen LogP contribution < -0.4 is 9.80 Å². The Morgan fingerprint density at radius 3 is 2.48 bits per heavy atom. The lowest BCUT2D eigenvalue weighted by molar-refractivity contribution is 0.540. The number of piperazine rings is 1. The first-order valence-corrected chi connectivity index (χ1v) is 8.79. The van der Waals surface area contributed by atoms with Gasteiger partial charge in [0.2, 0.25) is 0 Å². The third-order valence-electron chi connectivity index (χ3n) is 4.73. The van der Waals surface area contributed by atoms with Gasteiger partial charge in [0.1, 0.15) is 17.7 Å². The van der Waals surface area contributed by atoms with E-state index in [0.717, 1.165) is 54.8 Å². The van der Waals surface area contributed by atoms with Gasteiger partial charge in [0.15, 0.2) is 5.58 Å². The molecule has 2 aromatic heterocycles. The zero-order valence-electron chi connectivity index (χ0n) is 14.9. The van der Waals surface area contributed by atoms with Gasteiger partial charge in [-0.05, 0) is 30.5 Å². The van der Waals surface area contributed by atoms with Crippen molar-refractivity contribution in [2.45, 2.75) is 26.7 Å². The lowest BCUT2D eigenvalue weighted by Crippen LogP contribution is -2.47. The summed E-state index contributed by atoms with van der Waals surface area (Å²) in [5.74, 6) is 1.48. The molecule has 4 rings (SSSR count). The van der Waals surface area contributed by atoms with E-state index in [1.807, 2.05) is 19.1 Å². The SMILES string of the molecule is Cc1cc(N2CCN(c3nc4cc(C(C)C)ccc4o3)CC2)ncn1. The molecule has 130 valence electrons. The molecule has 0 aliphatic carbocycles. The van der Waals surface area contributed by atoms with Crippen molar-refractivity contribution < 1.29 is 4.42 Å². The van der Waals surface area contributed by atoms with Crippen LogP contribution in [0.25, 0.3) is 11.1 Å². The number of benzene rings is 1. The maximum Gasteiger partial charge on any atom is 0.298 e. The van der Waals surface area contributed by atoms with Gasteiger partial charge < -0.3 is 14.2 Å². The maximum absolute atomic E-state index is 5.97. The summed E-state index contributed by atoms with van der Waals surface area (Å²) in [4.78, 5) is 17.7. The minimum Gasteiger partial charge on any atom is -0.423 e. The Morgan fingerprint density at radius 2 is 1.76 bits per heavy atom. The van der Waals surface area contributed by atoms with Crippen molar-refractivity contribution in [2.24, 2.45) is 0 Å². The van der Waals surface area contributed by atoms with Crippen LogP contribution in [-0.4, -0.2) is 41.1 Å². The second-order valence-electron chi connectivity index (χ2n) is 6.87. The van der Waals surface area contributed by atoms with Gasteiger partial charge in [-0.15, -0.1) is 0 Å². The van der Waals surface area contributed by atoms with Gasteiger partial charge in [0.05, 0.1) is 0 Å². The number of nitrogens with zero attached hydrogens (tertiary/aromatic N) is 5. The summed E-state index contributed by atoms with van der Waals surface area (Å²) >= 11 is 0. The van der Waals surface area contributed by atoms with Gasteiger partial charge in [-0.3, -0.25) is 0 Å². The highest BCUT2D eigenvalue weighted by Gasteiger charge is 2.22. The number of oxazole rings is 1. The van der Waals surface area contributed by atoms with Gasteiger partial charge >= 0.3 is 0 Å². The molecule has 1 aromatic carbocycles. The topological polar surface area (TPSA) is 58.3 Å². The van der Waals surface area contributed by atoms with Crippen LogP contribution in [0.3, 0.4) is 0 Å². The molecule has 25 heavy (non-hydrogen) atoms.